The molecule has 1 aromatic carbocycles. The molecule has 4 rings (SSSR count). The van der Waals surface area contributed by atoms with Gasteiger partial charge < -0.3 is 19.8 Å². The van der Waals surface area contributed by atoms with Crippen molar-refractivity contribution in [2.45, 2.75) is 24.5 Å². The molecule has 3 aromatic rings. The van der Waals surface area contributed by atoms with Crippen LogP contribution >= 0.6 is 7.60 Å². The lowest BCUT2D eigenvalue weighted by Crippen LogP contribution is -2.33. The number of aliphatic hydroxyl groups excluding tert-OH is 2. The summed E-state index contributed by atoms with van der Waals surface area (Å²) in [7, 11) is -3.84. The number of nitrogens with zero attached hydrogens (tertiary/aromatic N) is 4. The average molecular weight is 422 g/mol. The molecular formula is C17H19N4O7P. The van der Waals surface area contributed by atoms with E-state index >= 15 is 0 Å². The van der Waals surface area contributed by atoms with Crippen molar-refractivity contribution in [1.29, 1.82) is 0 Å². The van der Waals surface area contributed by atoms with Crippen molar-refractivity contribution in [2.24, 2.45) is 0 Å². The molecule has 0 spiro atoms. The fraction of sp³-hybridized carbons (Fsp3) is 0.353. The van der Waals surface area contributed by atoms with E-state index in [1.807, 2.05) is 30.3 Å². The number of benzene rings is 1. The maximum Gasteiger partial charge on any atom is 0.352 e. The van der Waals surface area contributed by atoms with Gasteiger partial charge in [-0.25, -0.2) is 19.8 Å². The Morgan fingerprint density at radius 2 is 1.93 bits per heavy atom. The van der Waals surface area contributed by atoms with E-state index in [1.54, 1.807) is 0 Å². The highest BCUT2D eigenvalue weighted by Crippen LogP contribution is 2.38. The first-order valence-electron chi connectivity index (χ1n) is 8.71. The molecule has 1 unspecified atom stereocenters. The number of hydrogen-bond donors (Lipinski definition) is 3. The predicted molar refractivity (Wildman–Crippen MR) is 99.5 cm³/mol. The Balaban J connectivity index is 1.59. The Morgan fingerprint density at radius 1 is 1.17 bits per heavy atom. The van der Waals surface area contributed by atoms with Crippen LogP contribution in [0.4, 0.5) is 0 Å². The second kappa shape index (κ2) is 7.88. The van der Waals surface area contributed by atoms with Gasteiger partial charge in [-0.1, -0.05) is 30.3 Å². The Hall–Kier alpha value is -2.24. The molecule has 3 heterocycles. The fourth-order valence-corrected chi connectivity index (χ4v) is 3.39. The van der Waals surface area contributed by atoms with Gasteiger partial charge in [0.15, 0.2) is 11.9 Å². The Labute approximate surface area is 165 Å². The highest BCUT2D eigenvalue weighted by Gasteiger charge is 2.44. The molecule has 0 saturated carbocycles. The Bertz CT molecular complexity index is 1040. The Kier molecular flexibility index (Phi) is 5.45. The van der Waals surface area contributed by atoms with Gasteiger partial charge >= 0.3 is 7.60 Å². The van der Waals surface area contributed by atoms with Crippen LogP contribution in [0.3, 0.4) is 0 Å². The molecule has 1 saturated heterocycles. The van der Waals surface area contributed by atoms with Crippen molar-refractivity contribution < 1.29 is 34.0 Å². The molecule has 0 bridgehead atoms. The first kappa shape index (κ1) is 20.0. The average Bonchev–Trinajstić information content (AvgIpc) is 3.24. The van der Waals surface area contributed by atoms with Crippen molar-refractivity contribution in [3.8, 4) is 11.3 Å². The monoisotopic (exact) mass is 422 g/mol. The summed E-state index contributed by atoms with van der Waals surface area (Å²) < 4.78 is 22.6. The maximum atomic E-state index is 11.1. The lowest BCUT2D eigenvalue weighted by atomic mass is 10.1. The topological polar surface area (TPSA) is 149 Å². The van der Waals surface area contributed by atoms with E-state index in [0.29, 0.717) is 16.9 Å². The largest absolute Gasteiger partial charge is 0.387 e. The zero-order valence-electron chi connectivity index (χ0n) is 15.3. The summed E-state index contributed by atoms with van der Waals surface area (Å²) in [6.07, 6.45) is -1.78. The van der Waals surface area contributed by atoms with Crippen molar-refractivity contribution in [3.63, 3.8) is 0 Å². The number of hydrogen-bond acceptors (Lipinski definition) is 9. The molecular weight excluding hydrogens is 403 g/mol. The quantitative estimate of drug-likeness (QED) is 0.297. The molecule has 1 aliphatic rings. The van der Waals surface area contributed by atoms with E-state index in [2.05, 4.69) is 24.5 Å². The van der Waals surface area contributed by atoms with Gasteiger partial charge in [0.25, 0.3) is 0 Å². The van der Waals surface area contributed by atoms with Crippen LogP contribution in [0.15, 0.2) is 43.0 Å². The second-order valence-corrected chi connectivity index (χ2v) is 8.38. The first-order valence-corrected chi connectivity index (χ1v) is 10.7. The predicted octanol–water partition coefficient (Wildman–Crippen LogP) is 0.876. The van der Waals surface area contributed by atoms with E-state index in [1.165, 1.54) is 17.2 Å². The number of fused-ring (bicyclic) bond motifs is 1. The third-order valence-corrected chi connectivity index (χ3v) is 4.82. The molecule has 1 aliphatic heterocycles. The van der Waals surface area contributed by atoms with Gasteiger partial charge in [0, 0.05) is 12.2 Å². The number of rotatable bonds is 6. The van der Waals surface area contributed by atoms with E-state index in [9.17, 15) is 14.8 Å². The van der Waals surface area contributed by atoms with Crippen LogP contribution in [0, 0.1) is 0 Å². The van der Waals surface area contributed by atoms with Gasteiger partial charge in [-0.15, -0.1) is 4.67 Å². The van der Waals surface area contributed by atoms with Gasteiger partial charge in [-0.2, -0.15) is 0 Å². The van der Waals surface area contributed by atoms with Crippen LogP contribution in [0.5, 0.6) is 0 Å². The number of aromatic nitrogens is 4. The third kappa shape index (κ3) is 4.07. The van der Waals surface area contributed by atoms with E-state index in [-0.39, 0.29) is 6.61 Å². The van der Waals surface area contributed by atoms with Crippen LogP contribution in [-0.4, -0.2) is 66.2 Å². The zero-order valence-corrected chi connectivity index (χ0v) is 16.2. The smallest absolute Gasteiger partial charge is 0.352 e. The molecule has 3 N–H and O–H groups in total. The SMILES string of the molecule is CP(=O)(O)OOC[C@H]1O[C@@H](n2cnc3c(-c4ccccc4)ncnc32)[C@H](O)[C@@H]1O. The van der Waals surface area contributed by atoms with Gasteiger partial charge in [-0.05, 0) is 0 Å². The van der Waals surface area contributed by atoms with Gasteiger partial charge in [-0.3, -0.25) is 9.13 Å². The minimum absolute atomic E-state index is 0.357. The van der Waals surface area contributed by atoms with E-state index < -0.39 is 32.1 Å². The normalized spacial score (nSPS) is 26.6. The molecule has 154 valence electrons. The van der Waals surface area contributed by atoms with Crippen LogP contribution in [0.25, 0.3) is 22.4 Å². The summed E-state index contributed by atoms with van der Waals surface area (Å²) in [4.78, 5) is 26.7. The van der Waals surface area contributed by atoms with Gasteiger partial charge in [0.1, 0.15) is 42.5 Å². The summed E-state index contributed by atoms with van der Waals surface area (Å²) in [5, 5.41) is 20.7. The van der Waals surface area contributed by atoms with Crippen LogP contribution in [0.2, 0.25) is 0 Å². The highest BCUT2D eigenvalue weighted by atomic mass is 31.2. The van der Waals surface area contributed by atoms with E-state index in [4.69, 9.17) is 9.63 Å². The summed E-state index contributed by atoms with van der Waals surface area (Å²) in [6, 6.07) is 9.45. The molecule has 29 heavy (non-hydrogen) atoms. The molecule has 1 fully saturated rings. The highest BCUT2D eigenvalue weighted by molar-refractivity contribution is 7.51. The van der Waals surface area contributed by atoms with Crippen molar-refractivity contribution in [3.05, 3.63) is 43.0 Å². The van der Waals surface area contributed by atoms with Crippen molar-refractivity contribution in [1.82, 2.24) is 19.5 Å². The number of ether oxygens (including phenoxy) is 1. The summed E-state index contributed by atoms with van der Waals surface area (Å²) >= 11 is 0. The third-order valence-electron chi connectivity index (χ3n) is 4.44. The molecule has 0 aliphatic carbocycles. The first-order chi connectivity index (χ1) is 13.8. The minimum atomic E-state index is -3.84. The second-order valence-electron chi connectivity index (χ2n) is 6.62. The maximum absolute atomic E-state index is 11.1. The van der Waals surface area contributed by atoms with Gasteiger partial charge in [0.2, 0.25) is 0 Å². The molecule has 11 nitrogen and oxygen atoms in total. The molecule has 12 heteroatoms. The molecule has 0 radical (unpaired) electrons. The summed E-state index contributed by atoms with van der Waals surface area (Å²) in [6.45, 7) is 0.599. The van der Waals surface area contributed by atoms with Crippen molar-refractivity contribution >= 4 is 18.8 Å². The molecule has 0 amide bonds. The van der Waals surface area contributed by atoms with Crippen LogP contribution in [0.1, 0.15) is 6.23 Å². The minimum Gasteiger partial charge on any atom is -0.387 e. The molecule has 2 aromatic heterocycles. The van der Waals surface area contributed by atoms with Crippen molar-refractivity contribution in [2.75, 3.05) is 13.3 Å². The summed E-state index contributed by atoms with van der Waals surface area (Å²) in [5.74, 6) is 0. The molecule has 5 atom stereocenters. The lowest BCUT2D eigenvalue weighted by molar-refractivity contribution is -0.238. The Morgan fingerprint density at radius 3 is 2.66 bits per heavy atom. The van der Waals surface area contributed by atoms with Crippen LogP contribution in [-0.2, 0) is 18.9 Å². The zero-order chi connectivity index (χ0) is 20.6. The summed E-state index contributed by atoms with van der Waals surface area (Å²) in [5.41, 5.74) is 2.41. The number of aliphatic hydroxyl groups is 2. The van der Waals surface area contributed by atoms with Gasteiger partial charge in [0.05, 0.1) is 6.33 Å². The fourth-order valence-electron chi connectivity index (χ4n) is 3.14. The number of imidazole rings is 1. The standard InChI is InChI=1S/C17H19N4O7P/c1-29(24,25)28-26-7-11-14(22)15(23)17(27-11)21-9-20-13-12(18-8-19-16(13)21)10-5-3-2-4-6-10/h2-6,8-9,11,14-15,17,22-23H,7H2,1H3,(H,24,25)/t11-,14-,15-,17-/m1/s1. The lowest BCUT2D eigenvalue weighted by Gasteiger charge is -2.16. The van der Waals surface area contributed by atoms with E-state index in [0.717, 1.165) is 12.2 Å². The van der Waals surface area contributed by atoms with Crippen LogP contribution < -0.4 is 0 Å².